The minimum atomic E-state index is 0. The molecule has 0 saturated heterocycles. The van der Waals surface area contributed by atoms with Gasteiger partial charge in [-0.15, -0.1) is 24.0 Å². The summed E-state index contributed by atoms with van der Waals surface area (Å²) in [4.78, 5) is 18.1. The number of benzene rings is 1. The first kappa shape index (κ1) is 23.9. The van der Waals surface area contributed by atoms with Crippen molar-refractivity contribution in [2.45, 2.75) is 27.3 Å². The van der Waals surface area contributed by atoms with Crippen molar-refractivity contribution in [2.75, 3.05) is 27.2 Å². The number of rotatable bonds is 7. The first-order valence-electron chi connectivity index (χ1n) is 9.19. The number of nitrogens with zero attached hydrogens (tertiary/aromatic N) is 4. The quantitative estimate of drug-likeness (QED) is 0.350. The Bertz CT molecular complexity index is 785. The zero-order valence-corrected chi connectivity index (χ0v) is 19.6. The third kappa shape index (κ3) is 7.49. The fourth-order valence-electron chi connectivity index (χ4n) is 2.37. The van der Waals surface area contributed by atoms with Crippen LogP contribution in [0.15, 0.2) is 41.5 Å². The molecule has 0 spiro atoms. The smallest absolute Gasteiger partial charge is 0.241 e. The molecule has 2 N–H and O–H groups in total. The highest BCUT2D eigenvalue weighted by Gasteiger charge is 2.08. The van der Waals surface area contributed by atoms with Crippen LogP contribution >= 0.6 is 24.0 Å². The Morgan fingerprint density at radius 2 is 1.93 bits per heavy atom. The van der Waals surface area contributed by atoms with Gasteiger partial charge >= 0.3 is 0 Å². The summed E-state index contributed by atoms with van der Waals surface area (Å²) < 4.78 is 1.87. The second-order valence-electron chi connectivity index (χ2n) is 7.11. The number of carbonyl (C=O) groups excluding carboxylic acids is 1. The molecule has 0 saturated carbocycles. The van der Waals surface area contributed by atoms with Crippen molar-refractivity contribution in [3.05, 3.63) is 47.8 Å². The molecule has 0 fully saturated rings. The lowest BCUT2D eigenvalue weighted by Crippen LogP contribution is -2.44. The SMILES string of the molecule is Cc1ccn(-c2ccccc2CN=C(NCC(=O)N(C)C)NCC(C)C)n1.I. The first-order valence-corrected chi connectivity index (χ1v) is 9.19. The number of nitrogens with one attached hydrogen (secondary N) is 2. The van der Waals surface area contributed by atoms with Gasteiger partial charge in [-0.1, -0.05) is 32.0 Å². The van der Waals surface area contributed by atoms with E-state index in [4.69, 9.17) is 0 Å². The monoisotopic (exact) mass is 498 g/mol. The van der Waals surface area contributed by atoms with Crippen molar-refractivity contribution in [1.29, 1.82) is 0 Å². The standard InChI is InChI=1S/C20H30N6O.HI/c1-15(2)12-21-20(23-14-19(27)25(4)5)22-13-17-8-6-7-9-18(17)26-11-10-16(3)24-26;/h6-11,15H,12-14H2,1-5H3,(H2,21,22,23);1H. The largest absolute Gasteiger partial charge is 0.356 e. The molecule has 0 aliphatic carbocycles. The van der Waals surface area contributed by atoms with Gasteiger partial charge in [-0.25, -0.2) is 9.67 Å². The molecule has 1 aromatic heterocycles. The van der Waals surface area contributed by atoms with E-state index in [2.05, 4.69) is 34.6 Å². The normalized spacial score (nSPS) is 11.1. The number of para-hydroxylation sites is 1. The highest BCUT2D eigenvalue weighted by molar-refractivity contribution is 14.0. The van der Waals surface area contributed by atoms with E-state index >= 15 is 0 Å². The molecule has 0 unspecified atom stereocenters. The predicted octanol–water partition coefficient (Wildman–Crippen LogP) is 2.58. The van der Waals surface area contributed by atoms with E-state index in [-0.39, 0.29) is 36.4 Å². The van der Waals surface area contributed by atoms with Gasteiger partial charge in [0, 0.05) is 26.8 Å². The van der Waals surface area contributed by atoms with Gasteiger partial charge in [0.1, 0.15) is 0 Å². The molecule has 0 atom stereocenters. The van der Waals surface area contributed by atoms with Crippen LogP contribution in [0.2, 0.25) is 0 Å². The highest BCUT2D eigenvalue weighted by atomic mass is 127. The van der Waals surface area contributed by atoms with Gasteiger partial charge in [0.15, 0.2) is 5.96 Å². The molecule has 1 amide bonds. The van der Waals surface area contributed by atoms with Gasteiger partial charge in [-0.2, -0.15) is 5.10 Å². The summed E-state index contributed by atoms with van der Waals surface area (Å²) in [6.45, 7) is 7.70. The van der Waals surface area contributed by atoms with E-state index in [1.165, 1.54) is 0 Å². The summed E-state index contributed by atoms with van der Waals surface area (Å²) >= 11 is 0. The Labute approximate surface area is 184 Å². The highest BCUT2D eigenvalue weighted by Crippen LogP contribution is 2.15. The number of aryl methyl sites for hydroxylation is 1. The number of aromatic nitrogens is 2. The maximum atomic E-state index is 11.9. The Hall–Kier alpha value is -2.10. The molecule has 7 nitrogen and oxygen atoms in total. The first-order chi connectivity index (χ1) is 12.9. The van der Waals surface area contributed by atoms with Crippen molar-refractivity contribution in [3.63, 3.8) is 0 Å². The lowest BCUT2D eigenvalue weighted by atomic mass is 10.2. The molecule has 2 aromatic rings. The molecule has 8 heteroatoms. The Balaban J connectivity index is 0.00000392. The molecule has 154 valence electrons. The van der Waals surface area contributed by atoms with Crippen LogP contribution in [0, 0.1) is 12.8 Å². The Morgan fingerprint density at radius 3 is 2.54 bits per heavy atom. The van der Waals surface area contributed by atoms with Crippen molar-refractivity contribution in [1.82, 2.24) is 25.3 Å². The second-order valence-corrected chi connectivity index (χ2v) is 7.11. The minimum Gasteiger partial charge on any atom is -0.356 e. The van der Waals surface area contributed by atoms with Gasteiger partial charge < -0.3 is 15.5 Å². The van der Waals surface area contributed by atoms with Crippen molar-refractivity contribution in [3.8, 4) is 5.69 Å². The lowest BCUT2D eigenvalue weighted by Gasteiger charge is -2.16. The van der Waals surface area contributed by atoms with Crippen LogP contribution in [0.25, 0.3) is 5.69 Å². The maximum absolute atomic E-state index is 11.9. The van der Waals surface area contributed by atoms with E-state index in [1.807, 2.05) is 48.1 Å². The molecular weight excluding hydrogens is 467 g/mol. The van der Waals surface area contributed by atoms with Crippen LogP contribution in [-0.2, 0) is 11.3 Å². The topological polar surface area (TPSA) is 74.6 Å². The molecule has 1 heterocycles. The number of halogens is 1. The molecule has 0 radical (unpaired) electrons. The van der Waals surface area contributed by atoms with Crippen LogP contribution in [-0.4, -0.2) is 53.7 Å². The zero-order chi connectivity index (χ0) is 19.8. The molecular formula is C20H31IN6O. The summed E-state index contributed by atoms with van der Waals surface area (Å²) in [5.41, 5.74) is 3.03. The number of carbonyl (C=O) groups is 1. The third-order valence-electron chi connectivity index (χ3n) is 3.95. The van der Waals surface area contributed by atoms with E-state index in [0.29, 0.717) is 18.4 Å². The average Bonchev–Trinajstić information content (AvgIpc) is 3.07. The second kappa shape index (κ2) is 11.7. The molecule has 1 aromatic carbocycles. The van der Waals surface area contributed by atoms with E-state index in [9.17, 15) is 4.79 Å². The predicted molar refractivity (Wildman–Crippen MR) is 124 cm³/mol. The van der Waals surface area contributed by atoms with Crippen LogP contribution < -0.4 is 10.6 Å². The summed E-state index contributed by atoms with van der Waals surface area (Å²) in [7, 11) is 3.48. The fourth-order valence-corrected chi connectivity index (χ4v) is 2.37. The maximum Gasteiger partial charge on any atom is 0.241 e. The summed E-state index contributed by atoms with van der Waals surface area (Å²) in [5.74, 6) is 1.10. The summed E-state index contributed by atoms with van der Waals surface area (Å²) in [6.07, 6.45) is 1.95. The number of aliphatic imine (C=N–C) groups is 1. The average molecular weight is 498 g/mol. The number of hydrogen-bond acceptors (Lipinski definition) is 3. The van der Waals surface area contributed by atoms with Gasteiger partial charge in [-0.05, 0) is 30.5 Å². The fraction of sp³-hybridized carbons (Fsp3) is 0.450. The third-order valence-corrected chi connectivity index (χ3v) is 3.95. The summed E-state index contributed by atoms with van der Waals surface area (Å²) in [6, 6.07) is 10.0. The number of hydrogen-bond donors (Lipinski definition) is 2. The molecule has 0 aliphatic heterocycles. The van der Waals surface area contributed by atoms with Crippen LogP contribution in [0.1, 0.15) is 25.1 Å². The number of amides is 1. The minimum absolute atomic E-state index is 0. The van der Waals surface area contributed by atoms with E-state index in [1.54, 1.807) is 19.0 Å². The number of guanidine groups is 1. The van der Waals surface area contributed by atoms with E-state index < -0.39 is 0 Å². The zero-order valence-electron chi connectivity index (χ0n) is 17.3. The number of likely N-dealkylation sites (N-methyl/N-ethyl adjacent to an activating group) is 1. The van der Waals surface area contributed by atoms with Crippen LogP contribution in [0.4, 0.5) is 0 Å². The summed E-state index contributed by atoms with van der Waals surface area (Å²) in [5, 5.41) is 10.9. The molecule has 2 rings (SSSR count). The Kier molecular flexibility index (Phi) is 9.98. The van der Waals surface area contributed by atoms with Crippen LogP contribution in [0.3, 0.4) is 0 Å². The van der Waals surface area contributed by atoms with Gasteiger partial charge in [0.2, 0.25) is 5.91 Å². The Morgan fingerprint density at radius 1 is 1.21 bits per heavy atom. The molecule has 0 bridgehead atoms. The van der Waals surface area contributed by atoms with Gasteiger partial charge in [-0.3, -0.25) is 4.79 Å². The van der Waals surface area contributed by atoms with E-state index in [0.717, 1.165) is 23.5 Å². The van der Waals surface area contributed by atoms with Gasteiger partial charge in [0.25, 0.3) is 0 Å². The lowest BCUT2D eigenvalue weighted by molar-refractivity contribution is -0.127. The molecule has 28 heavy (non-hydrogen) atoms. The van der Waals surface area contributed by atoms with Crippen LogP contribution in [0.5, 0.6) is 0 Å². The van der Waals surface area contributed by atoms with Crippen molar-refractivity contribution < 1.29 is 4.79 Å². The van der Waals surface area contributed by atoms with Crippen molar-refractivity contribution >= 4 is 35.8 Å². The van der Waals surface area contributed by atoms with Gasteiger partial charge in [0.05, 0.1) is 24.5 Å². The molecule has 0 aliphatic rings. The van der Waals surface area contributed by atoms with Crippen molar-refractivity contribution in [2.24, 2.45) is 10.9 Å².